The number of carbonyl (C=O) groups excluding carboxylic acids is 1. The number of likely N-dealkylation sites (tertiary alicyclic amines) is 1. The SMILES string of the molecule is O=C(O)C1CCN(C(=O)CCC2CC2)C1. The molecule has 1 saturated carbocycles. The molecule has 84 valence electrons. The minimum atomic E-state index is -0.771. The quantitative estimate of drug-likeness (QED) is 0.757. The lowest BCUT2D eigenvalue weighted by atomic mass is 10.1. The highest BCUT2D eigenvalue weighted by molar-refractivity contribution is 5.78. The van der Waals surface area contributed by atoms with Crippen LogP contribution in [0.25, 0.3) is 0 Å². The molecule has 0 radical (unpaired) electrons. The third kappa shape index (κ3) is 2.70. The lowest BCUT2D eigenvalue weighted by Gasteiger charge is -2.15. The summed E-state index contributed by atoms with van der Waals surface area (Å²) < 4.78 is 0. The Labute approximate surface area is 89.3 Å². The van der Waals surface area contributed by atoms with Gasteiger partial charge in [-0.15, -0.1) is 0 Å². The number of aliphatic carboxylic acids is 1. The van der Waals surface area contributed by atoms with Gasteiger partial charge in [-0.25, -0.2) is 0 Å². The van der Waals surface area contributed by atoms with Crippen molar-refractivity contribution in [2.45, 2.75) is 32.1 Å². The van der Waals surface area contributed by atoms with E-state index in [2.05, 4.69) is 0 Å². The third-order valence-corrected chi connectivity index (χ3v) is 3.35. The maximum Gasteiger partial charge on any atom is 0.308 e. The molecular weight excluding hydrogens is 194 g/mol. The predicted octanol–water partition coefficient (Wildman–Crippen LogP) is 1.11. The molecule has 1 aliphatic carbocycles. The number of hydrogen-bond acceptors (Lipinski definition) is 2. The largest absolute Gasteiger partial charge is 0.481 e. The van der Waals surface area contributed by atoms with Gasteiger partial charge in [0.05, 0.1) is 5.92 Å². The summed E-state index contributed by atoms with van der Waals surface area (Å²) in [6, 6.07) is 0. The van der Waals surface area contributed by atoms with Gasteiger partial charge < -0.3 is 10.0 Å². The molecule has 2 rings (SSSR count). The number of hydrogen-bond donors (Lipinski definition) is 1. The van der Waals surface area contributed by atoms with Crippen molar-refractivity contribution in [2.24, 2.45) is 11.8 Å². The van der Waals surface area contributed by atoms with E-state index >= 15 is 0 Å². The number of carboxylic acid groups (broad SMARTS) is 1. The molecule has 2 aliphatic rings. The van der Waals surface area contributed by atoms with Crippen molar-refractivity contribution in [3.8, 4) is 0 Å². The van der Waals surface area contributed by atoms with E-state index in [1.54, 1.807) is 4.90 Å². The Morgan fingerprint density at radius 3 is 2.53 bits per heavy atom. The summed E-state index contributed by atoms with van der Waals surface area (Å²) in [5.74, 6) is -0.195. The van der Waals surface area contributed by atoms with Crippen molar-refractivity contribution in [1.82, 2.24) is 4.90 Å². The van der Waals surface area contributed by atoms with E-state index in [9.17, 15) is 9.59 Å². The molecule has 0 aromatic heterocycles. The smallest absolute Gasteiger partial charge is 0.308 e. The first kappa shape index (κ1) is 10.5. The van der Waals surface area contributed by atoms with E-state index in [1.807, 2.05) is 0 Å². The van der Waals surface area contributed by atoms with Crippen molar-refractivity contribution >= 4 is 11.9 Å². The van der Waals surface area contributed by atoms with Crippen molar-refractivity contribution < 1.29 is 14.7 Å². The minimum Gasteiger partial charge on any atom is -0.481 e. The van der Waals surface area contributed by atoms with E-state index in [0.717, 1.165) is 12.3 Å². The molecular formula is C11H17NO3. The first-order valence-electron chi connectivity index (χ1n) is 5.67. The predicted molar refractivity (Wildman–Crippen MR) is 54.3 cm³/mol. The Balaban J connectivity index is 1.73. The fourth-order valence-electron chi connectivity index (χ4n) is 2.08. The zero-order valence-corrected chi connectivity index (χ0v) is 8.82. The maximum absolute atomic E-state index is 11.7. The zero-order chi connectivity index (χ0) is 10.8. The number of amides is 1. The van der Waals surface area contributed by atoms with Gasteiger partial charge in [0.1, 0.15) is 0 Å². The summed E-state index contributed by atoms with van der Waals surface area (Å²) >= 11 is 0. The fourth-order valence-corrected chi connectivity index (χ4v) is 2.08. The van der Waals surface area contributed by atoms with Crippen molar-refractivity contribution in [3.05, 3.63) is 0 Å². The van der Waals surface area contributed by atoms with E-state index in [-0.39, 0.29) is 11.8 Å². The highest BCUT2D eigenvalue weighted by atomic mass is 16.4. The average Bonchev–Trinajstić information content (AvgIpc) is 2.88. The van der Waals surface area contributed by atoms with Crippen molar-refractivity contribution in [2.75, 3.05) is 13.1 Å². The Bertz CT molecular complexity index is 273. The summed E-state index contributed by atoms with van der Waals surface area (Å²) in [6.45, 7) is 1.04. The first-order chi connectivity index (χ1) is 7.16. The molecule has 0 aromatic carbocycles. The number of carboxylic acids is 1. The molecule has 1 heterocycles. The van der Waals surface area contributed by atoms with Gasteiger partial charge in [0.2, 0.25) is 5.91 Å². The van der Waals surface area contributed by atoms with Crippen LogP contribution in [0.3, 0.4) is 0 Å². The van der Waals surface area contributed by atoms with E-state index in [1.165, 1.54) is 12.8 Å². The molecule has 1 N–H and O–H groups in total. The van der Waals surface area contributed by atoms with Crippen LogP contribution in [0.5, 0.6) is 0 Å². The van der Waals surface area contributed by atoms with Crippen LogP contribution in [0.4, 0.5) is 0 Å². The molecule has 4 nitrogen and oxygen atoms in total. The van der Waals surface area contributed by atoms with Gasteiger partial charge in [-0.1, -0.05) is 12.8 Å². The first-order valence-corrected chi connectivity index (χ1v) is 5.67. The molecule has 0 spiro atoms. The topological polar surface area (TPSA) is 57.6 Å². The van der Waals surface area contributed by atoms with Gasteiger partial charge in [-0.2, -0.15) is 0 Å². The monoisotopic (exact) mass is 211 g/mol. The van der Waals surface area contributed by atoms with Crippen LogP contribution >= 0.6 is 0 Å². The summed E-state index contributed by atoms with van der Waals surface area (Å²) in [6.07, 6.45) is 4.75. The standard InChI is InChI=1S/C11H17NO3/c13-10(4-3-8-1-2-8)12-6-5-9(7-12)11(14)15/h8-9H,1-7H2,(H,14,15). The van der Waals surface area contributed by atoms with E-state index in [4.69, 9.17) is 5.11 Å². The molecule has 1 amide bonds. The molecule has 1 saturated heterocycles. The van der Waals surface area contributed by atoms with Gasteiger partial charge in [-0.3, -0.25) is 9.59 Å². The number of rotatable bonds is 4. The van der Waals surface area contributed by atoms with Crippen LogP contribution in [0.2, 0.25) is 0 Å². The molecule has 0 bridgehead atoms. The zero-order valence-electron chi connectivity index (χ0n) is 8.82. The second-order valence-corrected chi connectivity index (χ2v) is 4.65. The Morgan fingerprint density at radius 2 is 2.00 bits per heavy atom. The van der Waals surface area contributed by atoms with Crippen LogP contribution in [0.15, 0.2) is 0 Å². The Morgan fingerprint density at radius 1 is 1.27 bits per heavy atom. The second-order valence-electron chi connectivity index (χ2n) is 4.65. The van der Waals surface area contributed by atoms with Crippen molar-refractivity contribution in [3.63, 3.8) is 0 Å². The van der Waals surface area contributed by atoms with Gasteiger partial charge in [0.25, 0.3) is 0 Å². The highest BCUT2D eigenvalue weighted by Crippen LogP contribution is 2.33. The lowest BCUT2D eigenvalue weighted by molar-refractivity contribution is -0.141. The van der Waals surface area contributed by atoms with Crippen LogP contribution in [-0.2, 0) is 9.59 Å². The molecule has 1 atom stereocenters. The van der Waals surface area contributed by atoms with E-state index in [0.29, 0.717) is 25.9 Å². The van der Waals surface area contributed by atoms with Gasteiger partial charge in [0.15, 0.2) is 0 Å². The Kier molecular flexibility index (Phi) is 2.93. The summed E-state index contributed by atoms with van der Waals surface area (Å²) in [5, 5.41) is 8.80. The molecule has 1 unspecified atom stereocenters. The molecule has 2 fully saturated rings. The minimum absolute atomic E-state index is 0.144. The molecule has 15 heavy (non-hydrogen) atoms. The van der Waals surface area contributed by atoms with Gasteiger partial charge >= 0.3 is 5.97 Å². The summed E-state index contributed by atoms with van der Waals surface area (Å²) in [7, 11) is 0. The van der Waals surface area contributed by atoms with Crippen LogP contribution < -0.4 is 0 Å². The van der Waals surface area contributed by atoms with Gasteiger partial charge in [0, 0.05) is 19.5 Å². The highest BCUT2D eigenvalue weighted by Gasteiger charge is 2.31. The number of nitrogens with zero attached hydrogens (tertiary/aromatic N) is 1. The van der Waals surface area contributed by atoms with Gasteiger partial charge in [-0.05, 0) is 18.8 Å². The van der Waals surface area contributed by atoms with Crippen molar-refractivity contribution in [1.29, 1.82) is 0 Å². The van der Waals surface area contributed by atoms with Crippen LogP contribution in [-0.4, -0.2) is 35.0 Å². The maximum atomic E-state index is 11.7. The summed E-state index contributed by atoms with van der Waals surface area (Å²) in [4.78, 5) is 24.1. The normalized spacial score (nSPS) is 25.6. The molecule has 1 aliphatic heterocycles. The van der Waals surface area contributed by atoms with Crippen LogP contribution in [0, 0.1) is 11.8 Å². The number of carbonyl (C=O) groups is 2. The molecule has 4 heteroatoms. The lowest BCUT2D eigenvalue weighted by Crippen LogP contribution is -2.29. The second kappa shape index (κ2) is 4.21. The fraction of sp³-hybridized carbons (Fsp3) is 0.818. The third-order valence-electron chi connectivity index (χ3n) is 3.35. The molecule has 0 aromatic rings. The summed E-state index contributed by atoms with van der Waals surface area (Å²) in [5.41, 5.74) is 0. The van der Waals surface area contributed by atoms with Crippen LogP contribution in [0.1, 0.15) is 32.1 Å². The average molecular weight is 211 g/mol. The Hall–Kier alpha value is -1.06. The van der Waals surface area contributed by atoms with E-state index < -0.39 is 5.97 Å².